The lowest BCUT2D eigenvalue weighted by atomic mass is 9.86. The van der Waals surface area contributed by atoms with Crippen molar-refractivity contribution in [2.75, 3.05) is 0 Å². The van der Waals surface area contributed by atoms with Crippen LogP contribution in [0.1, 0.15) is 277 Å². The standard InChI is InChI=1S/2C25H33N3O3.C24H31N3O3.C23H29N3O3/c1-15(2)24(29)31-18(5)30-23(22-16(3)17(4)27-28(22)9)21(14-26)19-10-12-20(13-11-19)25(6,7)8;1-9-10-22(29)30-18(4)31-24(23-16(2)17(3)27-28(23)8)21(15-26)19-11-13-20(14-12-19)25(5,6)7;1-9-21(28)29-17(4)30-23(22-15(2)16(3)26-27(22)8)20(14-25)18-10-12-19(13-11-18)24(5,6)7;1-14-15(2)25-26(8)21(14)22(29-17(4)28-16(3)27)20(13-24)18-9-11-19(12-10-18)23(5,6)7/h10-13,15,18H,1-9H3;11-14,18H,9-10H2,1-8H3;10-13,17H,9H2,1-8H3;9-12,17H,1-8H3/b23-21-;24-21-;23-20-;22-20-. The van der Waals surface area contributed by atoms with Gasteiger partial charge in [0.05, 0.1) is 28.7 Å². The molecule has 4 unspecified atom stereocenters. The zero-order valence-corrected chi connectivity index (χ0v) is 77.5. The summed E-state index contributed by atoms with van der Waals surface area (Å²) < 4.78 is 52.2. The smallest absolute Gasteiger partial charge is 0.311 e. The van der Waals surface area contributed by atoms with E-state index in [0.717, 1.165) is 67.3 Å². The van der Waals surface area contributed by atoms with Crippen LogP contribution in [0.3, 0.4) is 0 Å². The van der Waals surface area contributed by atoms with Gasteiger partial charge in [0.1, 0.15) is 69.3 Å². The molecule has 0 aliphatic rings. The third-order valence-electron chi connectivity index (χ3n) is 20.0. The summed E-state index contributed by atoms with van der Waals surface area (Å²) in [5.74, 6) is -0.421. The number of allylic oxidation sites excluding steroid dienone is 4. The number of nitrogens with zero attached hydrogens (tertiary/aromatic N) is 12. The third kappa shape index (κ3) is 26.6. The molecule has 121 heavy (non-hydrogen) atoms. The zero-order valence-electron chi connectivity index (χ0n) is 77.5. The molecular formula is C97H126N12O12. The van der Waals surface area contributed by atoms with Crippen molar-refractivity contribution in [1.29, 1.82) is 21.0 Å². The number of esters is 4. The Morgan fingerprint density at radius 2 is 0.562 bits per heavy atom. The number of benzene rings is 4. The van der Waals surface area contributed by atoms with Crippen molar-refractivity contribution in [1.82, 2.24) is 39.1 Å². The Morgan fingerprint density at radius 1 is 0.347 bits per heavy atom. The zero-order chi connectivity index (χ0) is 91.4. The van der Waals surface area contributed by atoms with E-state index < -0.39 is 31.1 Å². The van der Waals surface area contributed by atoms with E-state index in [1.807, 2.05) is 166 Å². The predicted octanol–water partition coefficient (Wildman–Crippen LogP) is 20.4. The average Bonchev–Trinajstić information content (AvgIpc) is 1.71. The van der Waals surface area contributed by atoms with Crippen LogP contribution in [-0.2, 0) is 107 Å². The molecule has 24 heteroatoms. The number of nitriles is 4. The van der Waals surface area contributed by atoms with Crippen molar-refractivity contribution in [3.8, 4) is 24.3 Å². The molecule has 4 atom stereocenters. The first-order valence-corrected chi connectivity index (χ1v) is 40.8. The maximum Gasteiger partial charge on any atom is 0.311 e. The second kappa shape index (κ2) is 42.6. The van der Waals surface area contributed by atoms with Crippen LogP contribution in [0.4, 0.5) is 0 Å². The van der Waals surface area contributed by atoms with Crippen molar-refractivity contribution in [2.24, 2.45) is 34.1 Å². The number of ether oxygens (including phenoxy) is 8. The Labute approximate surface area is 717 Å². The van der Waals surface area contributed by atoms with E-state index >= 15 is 0 Å². The average molecular weight is 1650 g/mol. The van der Waals surface area contributed by atoms with E-state index in [-0.39, 0.29) is 51.9 Å². The highest BCUT2D eigenvalue weighted by Crippen LogP contribution is 2.39. The fraction of sp³-hybridized carbons (Fsp3) is 0.464. The summed E-state index contributed by atoms with van der Waals surface area (Å²) in [6, 6.07) is 40.7. The van der Waals surface area contributed by atoms with E-state index in [2.05, 4.69) is 128 Å². The highest BCUT2D eigenvalue weighted by Gasteiger charge is 2.31. The lowest BCUT2D eigenvalue weighted by Crippen LogP contribution is -2.22. The first-order chi connectivity index (χ1) is 56.3. The molecule has 0 saturated carbocycles. The fourth-order valence-electron chi connectivity index (χ4n) is 12.8. The molecule has 8 rings (SSSR count). The summed E-state index contributed by atoms with van der Waals surface area (Å²) >= 11 is 0. The maximum atomic E-state index is 12.0. The van der Waals surface area contributed by atoms with Crippen LogP contribution < -0.4 is 0 Å². The Morgan fingerprint density at radius 3 is 0.736 bits per heavy atom. The molecule has 0 fully saturated rings. The normalized spacial score (nSPS) is 13.3. The Hall–Kier alpha value is -12.3. The first-order valence-electron chi connectivity index (χ1n) is 40.8. The van der Waals surface area contributed by atoms with Crippen molar-refractivity contribution in [2.45, 2.75) is 267 Å². The minimum Gasteiger partial charge on any atom is -0.451 e. The lowest BCUT2D eigenvalue weighted by Gasteiger charge is -2.21. The molecule has 0 aliphatic heterocycles. The van der Waals surface area contributed by atoms with E-state index in [1.165, 1.54) is 29.2 Å². The molecule has 24 nitrogen and oxygen atoms in total. The second-order valence-electron chi connectivity index (χ2n) is 34.3. The number of aryl methyl sites for hydroxylation is 8. The van der Waals surface area contributed by atoms with Gasteiger partial charge >= 0.3 is 23.9 Å². The summed E-state index contributed by atoms with van der Waals surface area (Å²) in [5, 5.41) is 58.1. The summed E-state index contributed by atoms with van der Waals surface area (Å²) in [6.45, 7) is 56.1. The van der Waals surface area contributed by atoms with Gasteiger partial charge in [-0.3, -0.25) is 37.9 Å². The number of hydrogen-bond donors (Lipinski definition) is 0. The van der Waals surface area contributed by atoms with Gasteiger partial charge in [-0.25, -0.2) is 0 Å². The van der Waals surface area contributed by atoms with Crippen LogP contribution in [0.15, 0.2) is 97.1 Å². The summed E-state index contributed by atoms with van der Waals surface area (Å²) in [5.41, 5.74) is 18.8. The van der Waals surface area contributed by atoms with Gasteiger partial charge in [0.25, 0.3) is 0 Å². The number of carbonyl (C=O) groups is 4. The monoisotopic (exact) mass is 1650 g/mol. The Kier molecular flexibility index (Phi) is 34.9. The SMILES string of the molecule is CC(=O)OC(C)O/C(=C(/C#N)c1ccc(C(C)(C)C)cc1)c1c(C)c(C)nn1C.CCC(=O)OC(C)O/C(=C(/C#N)c1ccc(C(C)(C)C)cc1)c1c(C)c(C)nn1C.CCCC(=O)OC(C)O/C(=C(/C#N)c1ccc(C(C)(C)C)cc1)c1c(C)c(C)nn1C.Cc1nn(C)c(/C(OC(C)OC(=O)C(C)C)=C(\C#N)c2ccc(C(C)(C)C)cc2)c1C. The largest absolute Gasteiger partial charge is 0.451 e. The molecule has 0 bridgehead atoms. The topological polar surface area (TPSA) is 309 Å². The van der Waals surface area contributed by atoms with E-state index in [4.69, 9.17) is 37.9 Å². The van der Waals surface area contributed by atoms with Crippen LogP contribution in [0, 0.1) is 107 Å². The molecule has 4 aromatic carbocycles. The van der Waals surface area contributed by atoms with Crippen LogP contribution in [0.2, 0.25) is 0 Å². The number of rotatable bonds is 24. The Balaban J connectivity index is 0.000000287. The highest BCUT2D eigenvalue weighted by molar-refractivity contribution is 5.98. The van der Waals surface area contributed by atoms with Gasteiger partial charge in [-0.2, -0.15) is 41.4 Å². The van der Waals surface area contributed by atoms with Crippen LogP contribution in [0.25, 0.3) is 45.3 Å². The summed E-state index contributed by atoms with van der Waals surface area (Å²) in [4.78, 5) is 47.1. The second-order valence-corrected chi connectivity index (χ2v) is 34.3. The van der Waals surface area contributed by atoms with Crippen molar-refractivity contribution < 1.29 is 57.1 Å². The number of aromatic nitrogens is 8. The summed E-state index contributed by atoms with van der Waals surface area (Å²) in [6.07, 6.45) is -2.16. The van der Waals surface area contributed by atoms with Gasteiger partial charge in [-0.1, -0.05) is 208 Å². The van der Waals surface area contributed by atoms with Gasteiger partial charge in [-0.15, -0.1) is 0 Å². The van der Waals surface area contributed by atoms with E-state index in [1.54, 1.807) is 88.3 Å². The molecule has 0 saturated heterocycles. The lowest BCUT2D eigenvalue weighted by molar-refractivity contribution is -0.168. The predicted molar refractivity (Wildman–Crippen MR) is 473 cm³/mol. The molecule has 0 spiro atoms. The Bertz CT molecular complexity index is 5290. The molecular weight excluding hydrogens is 1530 g/mol. The highest BCUT2D eigenvalue weighted by atomic mass is 16.7. The van der Waals surface area contributed by atoms with Crippen LogP contribution in [0.5, 0.6) is 0 Å². The molecule has 0 N–H and O–H groups in total. The minimum atomic E-state index is -0.864. The van der Waals surface area contributed by atoms with E-state index in [9.17, 15) is 40.2 Å². The van der Waals surface area contributed by atoms with Crippen LogP contribution >= 0.6 is 0 Å². The molecule has 0 radical (unpaired) electrons. The van der Waals surface area contributed by atoms with Gasteiger partial charge in [0.15, 0.2) is 23.0 Å². The number of hydrogen-bond acceptors (Lipinski definition) is 20. The third-order valence-corrected chi connectivity index (χ3v) is 20.0. The molecule has 0 amide bonds. The maximum absolute atomic E-state index is 12.0. The van der Waals surface area contributed by atoms with Crippen molar-refractivity contribution in [3.63, 3.8) is 0 Å². The van der Waals surface area contributed by atoms with Crippen molar-refractivity contribution in [3.05, 3.63) is 209 Å². The van der Waals surface area contributed by atoms with Gasteiger partial charge < -0.3 is 37.9 Å². The van der Waals surface area contributed by atoms with Gasteiger partial charge in [0, 0.05) is 97.9 Å². The van der Waals surface area contributed by atoms with Gasteiger partial charge in [0.2, 0.25) is 25.2 Å². The van der Waals surface area contributed by atoms with Gasteiger partial charge in [-0.05, 0) is 128 Å². The minimum absolute atomic E-state index is 0.00365. The quantitative estimate of drug-likeness (QED) is 0.0178. The molecule has 646 valence electrons. The summed E-state index contributed by atoms with van der Waals surface area (Å²) in [7, 11) is 7.22. The number of carbonyl (C=O) groups excluding carboxylic acids is 4. The molecule has 0 aliphatic carbocycles. The molecule has 8 aromatic rings. The van der Waals surface area contributed by atoms with E-state index in [0.29, 0.717) is 80.9 Å². The van der Waals surface area contributed by atoms with Crippen molar-refractivity contribution >= 4 is 69.2 Å². The fourth-order valence-corrected chi connectivity index (χ4v) is 12.8. The molecule has 4 aromatic heterocycles. The molecule has 4 heterocycles. The van der Waals surface area contributed by atoms with Crippen LogP contribution in [-0.4, -0.2) is 88.2 Å². The first kappa shape index (κ1) is 99.3.